The van der Waals surface area contributed by atoms with Gasteiger partial charge < -0.3 is 30.7 Å². The molecule has 8 rings (SSSR count). The molecule has 3 amide bonds. The third kappa shape index (κ3) is 7.22. The SMILES string of the molecule is CC([NH3+])C(=O)Oc1ccccc1-c1cc(-n2cc(N3CCN(C4CCC(c5cccc6c5OCCN6C5CCC(=O)NC5=O)CC4)CC3=O)cn2)c(N)nn1. The molecule has 16 heteroatoms. The number of esters is 1. The smallest absolute Gasteiger partial charge is 0.369 e. The minimum Gasteiger partial charge on any atom is -0.489 e. The molecule has 4 aromatic rings. The number of benzene rings is 2. The minimum atomic E-state index is -0.549. The average molecular weight is 750 g/mol. The van der Waals surface area contributed by atoms with E-state index in [1.807, 2.05) is 18.2 Å². The summed E-state index contributed by atoms with van der Waals surface area (Å²) in [4.78, 5) is 56.5. The van der Waals surface area contributed by atoms with E-state index in [4.69, 9.17) is 15.2 Å². The Hall–Kier alpha value is -5.87. The topological polar surface area (TPSA) is 206 Å². The number of imide groups is 1. The Morgan fingerprint density at radius 3 is 2.60 bits per heavy atom. The highest BCUT2D eigenvalue weighted by Crippen LogP contribution is 2.45. The summed E-state index contributed by atoms with van der Waals surface area (Å²) in [6.07, 6.45) is 8.10. The van der Waals surface area contributed by atoms with E-state index in [2.05, 4.69) is 42.2 Å². The normalized spacial score (nSPS) is 22.4. The molecule has 4 aliphatic rings. The number of para-hydroxylation sites is 2. The third-order valence-corrected chi connectivity index (χ3v) is 11.1. The highest BCUT2D eigenvalue weighted by atomic mass is 16.5. The van der Waals surface area contributed by atoms with E-state index < -0.39 is 12.0 Å². The number of nitrogen functional groups attached to an aromatic ring is 1. The summed E-state index contributed by atoms with van der Waals surface area (Å²) < 4.78 is 13.4. The van der Waals surface area contributed by atoms with E-state index in [0.717, 1.165) is 43.7 Å². The van der Waals surface area contributed by atoms with Gasteiger partial charge in [-0.2, -0.15) is 5.10 Å². The van der Waals surface area contributed by atoms with Gasteiger partial charge >= 0.3 is 5.97 Å². The number of ether oxygens (including phenoxy) is 2. The fraction of sp³-hybridized carbons (Fsp3) is 0.410. The van der Waals surface area contributed by atoms with Crippen LogP contribution in [0.1, 0.15) is 56.9 Å². The van der Waals surface area contributed by atoms with Gasteiger partial charge in [0.05, 0.1) is 42.6 Å². The monoisotopic (exact) mass is 749 g/mol. The van der Waals surface area contributed by atoms with Gasteiger partial charge in [-0.1, -0.05) is 24.3 Å². The zero-order valence-electron chi connectivity index (χ0n) is 30.7. The second-order valence-electron chi connectivity index (χ2n) is 14.7. The van der Waals surface area contributed by atoms with Crippen LogP contribution >= 0.6 is 0 Å². The number of aromatic nitrogens is 4. The molecule has 6 N–H and O–H groups in total. The molecule has 55 heavy (non-hydrogen) atoms. The Labute approximate surface area is 317 Å². The number of hydrogen-bond acceptors (Lipinski definition) is 12. The first-order valence-electron chi connectivity index (χ1n) is 18.9. The van der Waals surface area contributed by atoms with E-state index >= 15 is 0 Å². The number of piperidine rings is 1. The Balaban J connectivity index is 0.904. The van der Waals surface area contributed by atoms with E-state index in [1.165, 1.54) is 5.56 Å². The summed E-state index contributed by atoms with van der Waals surface area (Å²) in [5.74, 6) is 0.722. The van der Waals surface area contributed by atoms with Gasteiger partial charge in [0.15, 0.2) is 11.9 Å². The number of carbonyl (C=O) groups excluding carboxylic acids is 4. The van der Waals surface area contributed by atoms with Crippen LogP contribution in [0.25, 0.3) is 16.9 Å². The molecule has 16 nitrogen and oxygen atoms in total. The van der Waals surface area contributed by atoms with E-state index in [-0.39, 0.29) is 29.6 Å². The molecule has 2 unspecified atom stereocenters. The second kappa shape index (κ2) is 15.1. The third-order valence-electron chi connectivity index (χ3n) is 11.1. The van der Waals surface area contributed by atoms with Gasteiger partial charge in [0.2, 0.25) is 17.7 Å². The zero-order valence-corrected chi connectivity index (χ0v) is 30.7. The number of nitrogens with one attached hydrogen (secondary N) is 1. The summed E-state index contributed by atoms with van der Waals surface area (Å²) in [5.41, 5.74) is 14.2. The molecule has 1 aliphatic carbocycles. The molecular formula is C39H45N10O6+. The Morgan fingerprint density at radius 2 is 1.82 bits per heavy atom. The predicted molar refractivity (Wildman–Crippen MR) is 201 cm³/mol. The summed E-state index contributed by atoms with van der Waals surface area (Å²) in [6, 6.07) is 14.3. The molecule has 1 saturated carbocycles. The van der Waals surface area contributed by atoms with Gasteiger partial charge in [0, 0.05) is 31.1 Å². The van der Waals surface area contributed by atoms with Gasteiger partial charge in [0.1, 0.15) is 29.8 Å². The van der Waals surface area contributed by atoms with Crippen LogP contribution in [0.5, 0.6) is 11.5 Å². The maximum Gasteiger partial charge on any atom is 0.369 e. The van der Waals surface area contributed by atoms with Crippen molar-refractivity contribution in [3.63, 3.8) is 0 Å². The average Bonchev–Trinajstić information content (AvgIpc) is 3.68. The van der Waals surface area contributed by atoms with Crippen molar-refractivity contribution in [1.29, 1.82) is 0 Å². The van der Waals surface area contributed by atoms with Crippen LogP contribution in [0, 0.1) is 0 Å². The molecular weight excluding hydrogens is 704 g/mol. The van der Waals surface area contributed by atoms with Crippen LogP contribution < -0.4 is 36.1 Å². The lowest BCUT2D eigenvalue weighted by Gasteiger charge is -2.42. The first-order chi connectivity index (χ1) is 26.6. The Morgan fingerprint density at radius 1 is 1.00 bits per heavy atom. The Kier molecular flexibility index (Phi) is 9.92. The van der Waals surface area contributed by atoms with Crippen molar-refractivity contribution in [2.75, 3.05) is 48.3 Å². The number of carbonyl (C=O) groups is 4. The molecule has 0 radical (unpaired) electrons. The van der Waals surface area contributed by atoms with Crippen molar-refractivity contribution < 1.29 is 34.4 Å². The van der Waals surface area contributed by atoms with Crippen molar-refractivity contribution >= 4 is 40.9 Å². The van der Waals surface area contributed by atoms with Gasteiger partial charge in [-0.15, -0.1) is 10.2 Å². The lowest BCUT2D eigenvalue weighted by atomic mass is 9.80. The number of rotatable bonds is 8. The van der Waals surface area contributed by atoms with Crippen LogP contribution in [-0.4, -0.2) is 99.5 Å². The maximum absolute atomic E-state index is 13.6. The largest absolute Gasteiger partial charge is 0.489 e. The number of anilines is 3. The fourth-order valence-electron chi connectivity index (χ4n) is 8.21. The number of piperazine rings is 1. The number of nitrogens with two attached hydrogens (primary N) is 1. The number of fused-ring (bicyclic) bond motifs is 1. The predicted octanol–water partition coefficient (Wildman–Crippen LogP) is 1.83. The molecule has 0 bridgehead atoms. The quantitative estimate of drug-likeness (QED) is 0.134. The molecule has 2 aromatic carbocycles. The number of nitrogens with zero attached hydrogens (tertiary/aromatic N) is 7. The lowest BCUT2D eigenvalue weighted by molar-refractivity contribution is -0.401. The number of amides is 3. The van der Waals surface area contributed by atoms with Gasteiger partial charge in [-0.05, 0) is 74.8 Å². The first-order valence-corrected chi connectivity index (χ1v) is 18.9. The molecule has 5 heterocycles. The van der Waals surface area contributed by atoms with Crippen LogP contribution in [0.2, 0.25) is 0 Å². The van der Waals surface area contributed by atoms with Crippen molar-refractivity contribution in [1.82, 2.24) is 30.2 Å². The number of hydrogen-bond donors (Lipinski definition) is 3. The van der Waals surface area contributed by atoms with E-state index in [9.17, 15) is 19.2 Å². The minimum absolute atomic E-state index is 0.00361. The summed E-state index contributed by atoms with van der Waals surface area (Å²) in [7, 11) is 0. The van der Waals surface area contributed by atoms with Crippen LogP contribution in [0.3, 0.4) is 0 Å². The summed E-state index contributed by atoms with van der Waals surface area (Å²) in [5, 5.41) is 15.4. The standard InChI is InChI=1S/C39H44N10O6/c1-23(40)39(53)55-33-8-3-2-5-28(33)29-19-32(37(41)45-44-29)49-21-26(20-42-49)47-16-15-46(22-35(47)51)25-11-9-24(10-12-25)27-6-4-7-30-36(27)54-18-17-48(30)31-13-14-34(50)43-38(31)52/h2-8,19-21,23-25,31H,9-18,22,40H2,1H3,(H2,41,45)(H,43,50,52)/p+1. The Bertz CT molecular complexity index is 2130. The molecule has 0 spiro atoms. The summed E-state index contributed by atoms with van der Waals surface area (Å²) >= 11 is 0. The van der Waals surface area contributed by atoms with Crippen molar-refractivity contribution in [2.24, 2.45) is 0 Å². The summed E-state index contributed by atoms with van der Waals surface area (Å²) in [6.45, 7) is 4.32. The van der Waals surface area contributed by atoms with E-state index in [1.54, 1.807) is 53.2 Å². The van der Waals surface area contributed by atoms with Crippen molar-refractivity contribution in [3.05, 3.63) is 66.5 Å². The zero-order chi connectivity index (χ0) is 38.2. The first kappa shape index (κ1) is 36.1. The molecule has 2 saturated heterocycles. The van der Waals surface area contributed by atoms with Crippen molar-refractivity contribution in [2.45, 2.75) is 69.5 Å². The molecule has 2 atom stereocenters. The molecule has 286 valence electrons. The van der Waals surface area contributed by atoms with Crippen molar-refractivity contribution in [3.8, 4) is 28.4 Å². The molecule has 2 aromatic heterocycles. The lowest BCUT2D eigenvalue weighted by Crippen LogP contribution is -2.64. The van der Waals surface area contributed by atoms with Gasteiger partial charge in [-0.25, -0.2) is 9.48 Å². The van der Waals surface area contributed by atoms with Crippen LogP contribution in [-0.2, 0) is 19.2 Å². The van der Waals surface area contributed by atoms with Crippen LogP contribution in [0.4, 0.5) is 17.2 Å². The van der Waals surface area contributed by atoms with Gasteiger partial charge in [-0.3, -0.25) is 24.6 Å². The van der Waals surface area contributed by atoms with Gasteiger partial charge in [0.25, 0.3) is 0 Å². The maximum atomic E-state index is 13.6. The highest BCUT2D eigenvalue weighted by molar-refractivity contribution is 6.02. The van der Waals surface area contributed by atoms with E-state index in [0.29, 0.717) is 79.4 Å². The fourth-order valence-corrected chi connectivity index (χ4v) is 8.21. The highest BCUT2D eigenvalue weighted by Gasteiger charge is 2.38. The molecule has 3 aliphatic heterocycles. The second-order valence-corrected chi connectivity index (χ2v) is 14.7. The number of quaternary nitrogens is 1. The molecule has 3 fully saturated rings. The van der Waals surface area contributed by atoms with Crippen LogP contribution in [0.15, 0.2) is 60.9 Å².